The third-order valence-corrected chi connectivity index (χ3v) is 3.32. The maximum Gasteiger partial charge on any atom is 0.297 e. The van der Waals surface area contributed by atoms with E-state index in [1.165, 1.54) is 12.1 Å². The lowest BCUT2D eigenvalue weighted by Crippen LogP contribution is -2.01. The lowest BCUT2D eigenvalue weighted by molar-refractivity contribution is 0.340. The third-order valence-electron chi connectivity index (χ3n) is 1.54. The summed E-state index contributed by atoms with van der Waals surface area (Å²) in [5.74, 6) is 0.347. The smallest absolute Gasteiger partial charge is 0.297 e. The molecule has 0 spiro atoms. The van der Waals surface area contributed by atoms with Crippen LogP contribution in [0.3, 0.4) is 0 Å². The molecule has 4 nitrogen and oxygen atoms in total. The van der Waals surface area contributed by atoms with E-state index in [0.717, 1.165) is 0 Å². The topological polar surface area (TPSA) is 63.6 Å². The van der Waals surface area contributed by atoms with Crippen molar-refractivity contribution in [2.45, 2.75) is 11.8 Å². The summed E-state index contributed by atoms with van der Waals surface area (Å²) in [6.45, 7) is 2.16. The number of hydrogen-bond donors (Lipinski definition) is 1. The van der Waals surface area contributed by atoms with Crippen LogP contribution in [0.15, 0.2) is 17.0 Å². The van der Waals surface area contributed by atoms with E-state index in [1.54, 1.807) is 6.92 Å². The summed E-state index contributed by atoms with van der Waals surface area (Å²) in [7, 11) is -4.42. The molecule has 0 fully saturated rings. The van der Waals surface area contributed by atoms with Crippen LogP contribution in [0.1, 0.15) is 6.92 Å². The van der Waals surface area contributed by atoms with Gasteiger partial charge in [-0.3, -0.25) is 4.55 Å². The molecule has 0 atom stereocenters. The minimum absolute atomic E-state index is 0.173. The Balaban J connectivity index is 3.34. The molecule has 84 valence electrons. The third kappa shape index (κ3) is 2.98. The maximum absolute atomic E-state index is 10.9. The van der Waals surface area contributed by atoms with Gasteiger partial charge in [0.25, 0.3) is 10.1 Å². The van der Waals surface area contributed by atoms with Gasteiger partial charge in [0.05, 0.1) is 16.7 Å². The van der Waals surface area contributed by atoms with Gasteiger partial charge in [0.2, 0.25) is 0 Å². The van der Waals surface area contributed by atoms with Crippen molar-refractivity contribution in [1.82, 2.24) is 0 Å². The van der Waals surface area contributed by atoms with Crippen LogP contribution >= 0.6 is 23.2 Å². The minimum atomic E-state index is -4.42. The van der Waals surface area contributed by atoms with Crippen molar-refractivity contribution >= 4 is 33.3 Å². The van der Waals surface area contributed by atoms with Crippen LogP contribution in [0.5, 0.6) is 5.75 Å². The average Bonchev–Trinajstić information content (AvgIpc) is 1.99. The predicted molar refractivity (Wildman–Crippen MR) is 57.4 cm³/mol. The highest BCUT2D eigenvalue weighted by Crippen LogP contribution is 2.33. The number of halogens is 2. The average molecular weight is 271 g/mol. The standard InChI is InChI=1S/C8H8Cl2O4S/c1-2-14-5-3-6(9)8(7(10)4-5)15(11,12)13/h3-4H,2H2,1H3,(H,11,12,13). The highest BCUT2D eigenvalue weighted by atomic mass is 35.5. The molecular formula is C8H8Cl2O4S. The zero-order valence-corrected chi connectivity index (χ0v) is 10.0. The van der Waals surface area contributed by atoms with Crippen LogP contribution in [-0.2, 0) is 10.1 Å². The first-order chi connectivity index (χ1) is 6.86. The van der Waals surface area contributed by atoms with Gasteiger partial charge >= 0.3 is 0 Å². The Morgan fingerprint density at radius 3 is 2.13 bits per heavy atom. The van der Waals surface area contributed by atoms with Gasteiger partial charge in [-0.25, -0.2) is 0 Å². The zero-order valence-electron chi connectivity index (χ0n) is 7.70. The zero-order chi connectivity index (χ0) is 11.6. The molecule has 0 radical (unpaired) electrons. The van der Waals surface area contributed by atoms with E-state index in [9.17, 15) is 8.42 Å². The molecule has 0 heterocycles. The van der Waals surface area contributed by atoms with Crippen molar-refractivity contribution in [2.75, 3.05) is 6.61 Å². The fourth-order valence-electron chi connectivity index (χ4n) is 1.03. The Morgan fingerprint density at radius 1 is 1.33 bits per heavy atom. The quantitative estimate of drug-likeness (QED) is 0.858. The molecular weight excluding hydrogens is 263 g/mol. The first-order valence-corrected chi connectivity index (χ1v) is 6.15. The van der Waals surface area contributed by atoms with Gasteiger partial charge in [-0.15, -0.1) is 0 Å². The van der Waals surface area contributed by atoms with Gasteiger partial charge < -0.3 is 4.74 Å². The molecule has 0 amide bonds. The van der Waals surface area contributed by atoms with Crippen LogP contribution in [0, 0.1) is 0 Å². The molecule has 0 aliphatic rings. The van der Waals surface area contributed by atoms with E-state index in [2.05, 4.69) is 0 Å². The van der Waals surface area contributed by atoms with Gasteiger partial charge in [-0.2, -0.15) is 8.42 Å². The molecule has 1 N–H and O–H groups in total. The summed E-state index contributed by atoms with van der Waals surface area (Å²) in [6, 6.07) is 2.56. The lowest BCUT2D eigenvalue weighted by atomic mass is 10.3. The van der Waals surface area contributed by atoms with Gasteiger partial charge in [-0.1, -0.05) is 23.2 Å². The van der Waals surface area contributed by atoms with Gasteiger partial charge in [-0.05, 0) is 6.92 Å². The molecule has 7 heteroatoms. The van der Waals surface area contributed by atoms with Crippen LogP contribution in [0.4, 0.5) is 0 Å². The van der Waals surface area contributed by atoms with Crippen LogP contribution < -0.4 is 4.74 Å². The summed E-state index contributed by atoms with van der Waals surface area (Å²) in [5, 5.41) is -0.345. The highest BCUT2D eigenvalue weighted by molar-refractivity contribution is 7.86. The molecule has 15 heavy (non-hydrogen) atoms. The molecule has 0 saturated carbocycles. The van der Waals surface area contributed by atoms with Crippen molar-refractivity contribution < 1.29 is 17.7 Å². The molecule has 1 rings (SSSR count). The second kappa shape index (κ2) is 4.57. The molecule has 0 aromatic heterocycles. The maximum atomic E-state index is 10.9. The number of benzene rings is 1. The summed E-state index contributed by atoms with van der Waals surface area (Å²) >= 11 is 11.3. The Hall–Kier alpha value is -0.490. The normalized spacial score (nSPS) is 11.5. The van der Waals surface area contributed by atoms with Crippen molar-refractivity contribution in [3.05, 3.63) is 22.2 Å². The molecule has 1 aromatic rings. The van der Waals surface area contributed by atoms with Crippen molar-refractivity contribution in [1.29, 1.82) is 0 Å². The van der Waals surface area contributed by atoms with E-state index >= 15 is 0 Å². The van der Waals surface area contributed by atoms with E-state index in [-0.39, 0.29) is 10.0 Å². The summed E-state index contributed by atoms with van der Waals surface area (Å²) in [5.41, 5.74) is 0. The van der Waals surface area contributed by atoms with Crippen LogP contribution in [0.2, 0.25) is 10.0 Å². The van der Waals surface area contributed by atoms with Crippen LogP contribution in [0.25, 0.3) is 0 Å². The highest BCUT2D eigenvalue weighted by Gasteiger charge is 2.20. The Labute approximate surface area is 97.5 Å². The first kappa shape index (κ1) is 12.6. The van der Waals surface area contributed by atoms with E-state index in [4.69, 9.17) is 32.5 Å². The summed E-state index contributed by atoms with van der Waals surface area (Å²) in [6.07, 6.45) is 0. The second-order valence-electron chi connectivity index (χ2n) is 2.62. The minimum Gasteiger partial charge on any atom is -0.494 e. The molecule has 0 bridgehead atoms. The Bertz CT molecular complexity index is 447. The fraction of sp³-hybridized carbons (Fsp3) is 0.250. The molecule has 0 aliphatic heterocycles. The SMILES string of the molecule is CCOc1cc(Cl)c(S(=O)(=O)O)c(Cl)c1. The summed E-state index contributed by atoms with van der Waals surface area (Å²) < 4.78 is 35.7. The van der Waals surface area contributed by atoms with E-state index in [0.29, 0.717) is 12.4 Å². The van der Waals surface area contributed by atoms with Crippen molar-refractivity contribution in [3.63, 3.8) is 0 Å². The summed E-state index contributed by atoms with van der Waals surface area (Å²) in [4.78, 5) is -0.505. The number of ether oxygens (including phenoxy) is 1. The first-order valence-electron chi connectivity index (χ1n) is 3.95. The van der Waals surface area contributed by atoms with Crippen LogP contribution in [-0.4, -0.2) is 19.6 Å². The van der Waals surface area contributed by atoms with Gasteiger partial charge in [0.15, 0.2) is 0 Å². The largest absolute Gasteiger partial charge is 0.494 e. The predicted octanol–water partition coefficient (Wildman–Crippen LogP) is 2.64. The molecule has 0 aliphatic carbocycles. The van der Waals surface area contributed by atoms with E-state index in [1.807, 2.05) is 0 Å². The van der Waals surface area contributed by atoms with Gasteiger partial charge in [0.1, 0.15) is 10.6 Å². The second-order valence-corrected chi connectivity index (χ2v) is 4.80. The number of rotatable bonds is 3. The van der Waals surface area contributed by atoms with Gasteiger partial charge in [0, 0.05) is 12.1 Å². The molecule has 0 unspecified atom stereocenters. The van der Waals surface area contributed by atoms with E-state index < -0.39 is 15.0 Å². The number of hydrogen-bond acceptors (Lipinski definition) is 3. The Morgan fingerprint density at radius 2 is 1.80 bits per heavy atom. The Kier molecular flexibility index (Phi) is 3.83. The molecule has 0 saturated heterocycles. The monoisotopic (exact) mass is 270 g/mol. The van der Waals surface area contributed by atoms with Crippen molar-refractivity contribution in [2.24, 2.45) is 0 Å². The lowest BCUT2D eigenvalue weighted by Gasteiger charge is -2.07. The van der Waals surface area contributed by atoms with Crippen molar-refractivity contribution in [3.8, 4) is 5.75 Å². The molecule has 1 aromatic carbocycles. The fourth-order valence-corrected chi connectivity index (χ4v) is 2.70.